The van der Waals surface area contributed by atoms with Crippen molar-refractivity contribution in [1.29, 1.82) is 0 Å². The number of rotatable bonds is 2. The van der Waals surface area contributed by atoms with Crippen molar-refractivity contribution in [3.8, 4) is 0 Å². The quantitative estimate of drug-likeness (QED) is 0.893. The molecule has 3 rings (SSSR count). The van der Waals surface area contributed by atoms with Crippen LogP contribution < -0.4 is 0 Å². The fraction of sp³-hybridized carbons (Fsp3) is 0.467. The van der Waals surface area contributed by atoms with E-state index in [2.05, 4.69) is 0 Å². The Morgan fingerprint density at radius 3 is 2.35 bits per heavy atom. The summed E-state index contributed by atoms with van der Waals surface area (Å²) in [5.74, 6) is -1.00. The molecule has 1 aromatic rings. The van der Waals surface area contributed by atoms with E-state index in [1.165, 1.54) is 12.1 Å². The summed E-state index contributed by atoms with van der Waals surface area (Å²) in [6, 6.07) is 6.13. The Morgan fingerprint density at radius 2 is 1.80 bits per heavy atom. The first kappa shape index (κ1) is 13.1. The smallest absolute Gasteiger partial charge is 0.335 e. The Bertz CT molecular complexity index is 533. The number of hydrogen-bond acceptors (Lipinski definition) is 3. The van der Waals surface area contributed by atoms with Gasteiger partial charge >= 0.3 is 5.97 Å². The minimum Gasteiger partial charge on any atom is -0.478 e. The highest BCUT2D eigenvalue weighted by Gasteiger charge is 2.46. The van der Waals surface area contributed by atoms with Crippen LogP contribution in [0.2, 0.25) is 0 Å². The molecule has 1 amide bonds. The minimum atomic E-state index is -0.981. The molecular formula is C15H17NO4. The molecular weight excluding hydrogens is 258 g/mol. The fourth-order valence-electron chi connectivity index (χ4n) is 2.96. The fourth-order valence-corrected chi connectivity index (χ4v) is 2.96. The monoisotopic (exact) mass is 275 g/mol. The third kappa shape index (κ3) is 2.08. The van der Waals surface area contributed by atoms with Gasteiger partial charge in [0.1, 0.15) is 0 Å². The number of morpholine rings is 1. The lowest BCUT2D eigenvalue weighted by molar-refractivity contribution is -0.0877. The Labute approximate surface area is 117 Å². The van der Waals surface area contributed by atoms with Gasteiger partial charge in [-0.15, -0.1) is 0 Å². The van der Waals surface area contributed by atoms with Gasteiger partial charge in [-0.05, 0) is 43.5 Å². The summed E-state index contributed by atoms with van der Waals surface area (Å²) in [5, 5.41) is 8.88. The second-order valence-electron chi connectivity index (χ2n) is 5.47. The zero-order valence-corrected chi connectivity index (χ0v) is 11.2. The van der Waals surface area contributed by atoms with Gasteiger partial charge in [-0.25, -0.2) is 4.79 Å². The summed E-state index contributed by atoms with van der Waals surface area (Å²) in [6.45, 7) is 1.80. The van der Waals surface area contributed by atoms with Crippen LogP contribution in [0.4, 0.5) is 0 Å². The molecule has 1 heterocycles. The third-order valence-electron chi connectivity index (χ3n) is 4.31. The van der Waals surface area contributed by atoms with Crippen molar-refractivity contribution in [2.75, 3.05) is 19.8 Å². The number of aromatic carboxylic acids is 1. The molecule has 1 saturated heterocycles. The predicted molar refractivity (Wildman–Crippen MR) is 71.8 cm³/mol. The molecule has 1 aromatic carbocycles. The van der Waals surface area contributed by atoms with Crippen LogP contribution in [0.25, 0.3) is 0 Å². The molecule has 1 saturated carbocycles. The van der Waals surface area contributed by atoms with Crippen molar-refractivity contribution >= 4 is 11.9 Å². The second-order valence-corrected chi connectivity index (χ2v) is 5.47. The molecule has 2 aliphatic rings. The summed E-state index contributed by atoms with van der Waals surface area (Å²) in [6.07, 6.45) is 3.11. The molecule has 20 heavy (non-hydrogen) atoms. The first-order chi connectivity index (χ1) is 9.62. The average molecular weight is 275 g/mol. The first-order valence-corrected chi connectivity index (χ1v) is 6.85. The molecule has 0 bridgehead atoms. The van der Waals surface area contributed by atoms with Crippen LogP contribution in [0, 0.1) is 0 Å². The predicted octanol–water partition coefficient (Wildman–Crippen LogP) is 1.78. The maximum Gasteiger partial charge on any atom is 0.335 e. The maximum absolute atomic E-state index is 12.6. The van der Waals surface area contributed by atoms with Crippen LogP contribution in [-0.2, 0) is 4.74 Å². The van der Waals surface area contributed by atoms with E-state index < -0.39 is 5.97 Å². The van der Waals surface area contributed by atoms with E-state index in [0.717, 1.165) is 19.3 Å². The number of hydrogen-bond donors (Lipinski definition) is 1. The summed E-state index contributed by atoms with van der Waals surface area (Å²) >= 11 is 0. The number of carboxylic acid groups (broad SMARTS) is 1. The van der Waals surface area contributed by atoms with Crippen LogP contribution >= 0.6 is 0 Å². The number of benzene rings is 1. The van der Waals surface area contributed by atoms with Crippen molar-refractivity contribution in [2.45, 2.75) is 24.8 Å². The van der Waals surface area contributed by atoms with Gasteiger partial charge in [0, 0.05) is 12.1 Å². The van der Waals surface area contributed by atoms with Crippen LogP contribution in [0.5, 0.6) is 0 Å². The van der Waals surface area contributed by atoms with E-state index in [4.69, 9.17) is 9.84 Å². The Balaban J connectivity index is 1.82. The Hall–Kier alpha value is -1.88. The standard InChI is InChI=1S/C15H17NO4/c17-13(11-2-4-12(5-3-11)14(18)19)16-8-9-20-10-15(16)6-1-7-15/h2-5H,1,6-10H2,(H,18,19). The molecule has 2 fully saturated rings. The van der Waals surface area contributed by atoms with Gasteiger partial charge in [0.2, 0.25) is 0 Å². The molecule has 0 atom stereocenters. The lowest BCUT2D eigenvalue weighted by Gasteiger charge is -2.52. The van der Waals surface area contributed by atoms with E-state index >= 15 is 0 Å². The lowest BCUT2D eigenvalue weighted by atomic mass is 9.75. The molecule has 106 valence electrons. The van der Waals surface area contributed by atoms with Crippen LogP contribution in [0.3, 0.4) is 0 Å². The number of carbonyl (C=O) groups is 2. The van der Waals surface area contributed by atoms with Crippen molar-refractivity contribution in [2.24, 2.45) is 0 Å². The highest BCUT2D eigenvalue weighted by Crippen LogP contribution is 2.40. The molecule has 5 nitrogen and oxygen atoms in total. The first-order valence-electron chi connectivity index (χ1n) is 6.85. The molecule has 1 spiro atoms. The number of carbonyl (C=O) groups excluding carboxylic acids is 1. The largest absolute Gasteiger partial charge is 0.478 e. The SMILES string of the molecule is O=C(O)c1ccc(C(=O)N2CCOCC23CCC3)cc1. The summed E-state index contributed by atoms with van der Waals surface area (Å²) < 4.78 is 5.52. The van der Waals surface area contributed by atoms with Crippen molar-refractivity contribution in [1.82, 2.24) is 4.90 Å². The van der Waals surface area contributed by atoms with E-state index in [1.807, 2.05) is 4.90 Å². The van der Waals surface area contributed by atoms with E-state index in [-0.39, 0.29) is 17.0 Å². The maximum atomic E-state index is 12.6. The van der Waals surface area contributed by atoms with Crippen molar-refractivity contribution in [3.05, 3.63) is 35.4 Å². The van der Waals surface area contributed by atoms with Crippen molar-refractivity contribution < 1.29 is 19.4 Å². The van der Waals surface area contributed by atoms with Gasteiger partial charge in [-0.1, -0.05) is 0 Å². The highest BCUT2D eigenvalue weighted by molar-refractivity contribution is 5.96. The van der Waals surface area contributed by atoms with Gasteiger partial charge < -0.3 is 14.7 Å². The second kappa shape index (κ2) is 4.90. The summed E-state index contributed by atoms with van der Waals surface area (Å²) in [7, 11) is 0. The van der Waals surface area contributed by atoms with Crippen LogP contribution in [0.1, 0.15) is 40.0 Å². The lowest BCUT2D eigenvalue weighted by Crippen LogP contribution is -2.62. The number of amides is 1. The number of nitrogens with zero attached hydrogens (tertiary/aromatic N) is 1. The molecule has 0 unspecified atom stereocenters. The topological polar surface area (TPSA) is 66.8 Å². The van der Waals surface area contributed by atoms with Gasteiger partial charge in [0.05, 0.1) is 24.3 Å². The molecule has 0 radical (unpaired) electrons. The third-order valence-corrected chi connectivity index (χ3v) is 4.31. The zero-order valence-electron chi connectivity index (χ0n) is 11.2. The number of ether oxygens (including phenoxy) is 1. The molecule has 0 aromatic heterocycles. The zero-order chi connectivity index (χ0) is 14.2. The minimum absolute atomic E-state index is 0.0232. The molecule has 5 heteroatoms. The van der Waals surface area contributed by atoms with Gasteiger partial charge in [-0.2, -0.15) is 0 Å². The van der Waals surface area contributed by atoms with Crippen molar-refractivity contribution in [3.63, 3.8) is 0 Å². The van der Waals surface area contributed by atoms with E-state index in [9.17, 15) is 9.59 Å². The number of carboxylic acids is 1. The summed E-state index contributed by atoms with van der Waals surface area (Å²) in [4.78, 5) is 25.4. The Kier molecular flexibility index (Phi) is 3.22. The van der Waals surface area contributed by atoms with Gasteiger partial charge in [0.25, 0.3) is 5.91 Å². The highest BCUT2D eigenvalue weighted by atomic mass is 16.5. The summed E-state index contributed by atoms with van der Waals surface area (Å²) in [5.41, 5.74) is 0.617. The van der Waals surface area contributed by atoms with E-state index in [1.54, 1.807) is 12.1 Å². The Morgan fingerprint density at radius 1 is 1.15 bits per heavy atom. The van der Waals surface area contributed by atoms with Crippen LogP contribution in [-0.4, -0.2) is 47.2 Å². The molecule has 1 aliphatic carbocycles. The normalized spacial score (nSPS) is 20.5. The van der Waals surface area contributed by atoms with E-state index in [0.29, 0.717) is 25.3 Å². The van der Waals surface area contributed by atoms with Gasteiger partial charge in [-0.3, -0.25) is 4.79 Å². The molecule has 1 N–H and O–H groups in total. The average Bonchev–Trinajstić information content (AvgIpc) is 2.45. The van der Waals surface area contributed by atoms with Gasteiger partial charge in [0.15, 0.2) is 0 Å². The van der Waals surface area contributed by atoms with Crippen LogP contribution in [0.15, 0.2) is 24.3 Å². The molecule has 1 aliphatic heterocycles.